The van der Waals surface area contributed by atoms with Crippen LogP contribution in [0.4, 0.5) is 0 Å². The van der Waals surface area contributed by atoms with Crippen LogP contribution in [0.5, 0.6) is 5.75 Å². The Hall–Kier alpha value is -1.39. The summed E-state index contributed by atoms with van der Waals surface area (Å²) in [6.07, 6.45) is 2.94. The summed E-state index contributed by atoms with van der Waals surface area (Å²) in [5, 5.41) is 6.77. The highest BCUT2D eigenvalue weighted by Gasteiger charge is 2.21. The highest BCUT2D eigenvalue weighted by Crippen LogP contribution is 2.33. The minimum Gasteiger partial charge on any atom is -0.493 e. The van der Waals surface area contributed by atoms with Crippen molar-refractivity contribution in [2.24, 2.45) is 0 Å². The van der Waals surface area contributed by atoms with Crippen LogP contribution in [0.25, 0.3) is 0 Å². The first-order chi connectivity index (χ1) is 9.34. The monoisotopic (exact) mass is 274 g/mol. The molecule has 1 aliphatic heterocycles. The molecule has 4 heteroatoms. The third-order valence-electron chi connectivity index (χ3n) is 3.57. The van der Waals surface area contributed by atoms with Crippen LogP contribution in [0.2, 0.25) is 0 Å². The van der Waals surface area contributed by atoms with Gasteiger partial charge < -0.3 is 10.1 Å². The molecule has 1 aliphatic rings. The SMILES string of the molecule is CC(NCC1CCOc2ccccc21)c1nccs1. The molecule has 0 fully saturated rings. The molecule has 1 aromatic heterocycles. The first-order valence-electron chi connectivity index (χ1n) is 6.69. The molecule has 3 nitrogen and oxygen atoms in total. The number of benzene rings is 1. The zero-order valence-electron chi connectivity index (χ0n) is 11.0. The lowest BCUT2D eigenvalue weighted by Crippen LogP contribution is -2.27. The summed E-state index contributed by atoms with van der Waals surface area (Å²) in [5.74, 6) is 1.58. The number of ether oxygens (including phenoxy) is 1. The number of fused-ring (bicyclic) bond motifs is 1. The second kappa shape index (κ2) is 5.72. The molecule has 0 saturated carbocycles. The zero-order chi connectivity index (χ0) is 13.1. The third-order valence-corrected chi connectivity index (χ3v) is 4.53. The van der Waals surface area contributed by atoms with E-state index >= 15 is 0 Å². The van der Waals surface area contributed by atoms with Crippen molar-refractivity contribution in [2.45, 2.75) is 25.3 Å². The number of hydrogen-bond donors (Lipinski definition) is 1. The Labute approximate surface area is 117 Å². The highest BCUT2D eigenvalue weighted by molar-refractivity contribution is 7.09. The molecule has 0 aliphatic carbocycles. The maximum Gasteiger partial charge on any atom is 0.122 e. The van der Waals surface area contributed by atoms with Gasteiger partial charge in [-0.05, 0) is 25.0 Å². The zero-order valence-corrected chi connectivity index (χ0v) is 11.8. The standard InChI is InChI=1S/C15H18N2OS/c1-11(15-16-7-9-19-15)17-10-12-6-8-18-14-5-3-2-4-13(12)14/h2-5,7,9,11-12,17H,6,8,10H2,1H3. The smallest absolute Gasteiger partial charge is 0.122 e. The van der Waals surface area contributed by atoms with Crippen molar-refractivity contribution in [3.05, 3.63) is 46.4 Å². The van der Waals surface area contributed by atoms with Crippen LogP contribution in [-0.4, -0.2) is 18.1 Å². The summed E-state index contributed by atoms with van der Waals surface area (Å²) in [7, 11) is 0. The maximum absolute atomic E-state index is 5.69. The predicted octanol–water partition coefficient (Wildman–Crippen LogP) is 3.36. The maximum atomic E-state index is 5.69. The molecule has 1 aromatic carbocycles. The van der Waals surface area contributed by atoms with Crippen molar-refractivity contribution in [1.29, 1.82) is 0 Å². The molecule has 0 amide bonds. The number of hydrogen-bond acceptors (Lipinski definition) is 4. The average molecular weight is 274 g/mol. The second-order valence-corrected chi connectivity index (χ2v) is 5.80. The fraction of sp³-hybridized carbons (Fsp3) is 0.400. The largest absolute Gasteiger partial charge is 0.493 e. The summed E-state index contributed by atoms with van der Waals surface area (Å²) in [4.78, 5) is 4.36. The van der Waals surface area contributed by atoms with Gasteiger partial charge in [-0.2, -0.15) is 0 Å². The lowest BCUT2D eigenvalue weighted by atomic mass is 9.93. The van der Waals surface area contributed by atoms with E-state index in [-0.39, 0.29) is 0 Å². The molecular weight excluding hydrogens is 256 g/mol. The van der Waals surface area contributed by atoms with Gasteiger partial charge in [0.05, 0.1) is 12.6 Å². The Bertz CT molecular complexity index is 527. The highest BCUT2D eigenvalue weighted by atomic mass is 32.1. The molecule has 0 radical (unpaired) electrons. The number of para-hydroxylation sites is 1. The van der Waals surface area contributed by atoms with Gasteiger partial charge in [0.1, 0.15) is 10.8 Å². The van der Waals surface area contributed by atoms with Crippen LogP contribution < -0.4 is 10.1 Å². The van der Waals surface area contributed by atoms with E-state index in [0.29, 0.717) is 12.0 Å². The summed E-state index contributed by atoms with van der Waals surface area (Å²) < 4.78 is 5.69. The van der Waals surface area contributed by atoms with Crippen molar-refractivity contribution >= 4 is 11.3 Å². The third kappa shape index (κ3) is 2.80. The fourth-order valence-corrected chi connectivity index (χ4v) is 3.15. The van der Waals surface area contributed by atoms with Gasteiger partial charge in [-0.3, -0.25) is 0 Å². The Morgan fingerprint density at radius 3 is 3.21 bits per heavy atom. The molecule has 19 heavy (non-hydrogen) atoms. The van der Waals surface area contributed by atoms with E-state index in [2.05, 4.69) is 35.4 Å². The van der Waals surface area contributed by atoms with E-state index in [4.69, 9.17) is 4.74 Å². The predicted molar refractivity (Wildman–Crippen MR) is 77.8 cm³/mol. The van der Waals surface area contributed by atoms with Gasteiger partial charge in [0.2, 0.25) is 0 Å². The van der Waals surface area contributed by atoms with Crippen LogP contribution >= 0.6 is 11.3 Å². The van der Waals surface area contributed by atoms with E-state index in [1.54, 1.807) is 11.3 Å². The van der Waals surface area contributed by atoms with Crippen molar-refractivity contribution in [3.63, 3.8) is 0 Å². The van der Waals surface area contributed by atoms with Gasteiger partial charge >= 0.3 is 0 Å². The van der Waals surface area contributed by atoms with Crippen LogP contribution in [0.3, 0.4) is 0 Å². The van der Waals surface area contributed by atoms with Crippen LogP contribution in [0.15, 0.2) is 35.8 Å². The molecule has 3 rings (SSSR count). The Morgan fingerprint density at radius 2 is 2.37 bits per heavy atom. The number of thiazole rings is 1. The first-order valence-corrected chi connectivity index (χ1v) is 7.57. The van der Waals surface area contributed by atoms with E-state index in [9.17, 15) is 0 Å². The minimum absolute atomic E-state index is 0.315. The molecule has 100 valence electrons. The van der Waals surface area contributed by atoms with Gasteiger partial charge in [-0.15, -0.1) is 11.3 Å². The van der Waals surface area contributed by atoms with Gasteiger partial charge in [0.25, 0.3) is 0 Å². The molecule has 2 unspecified atom stereocenters. The molecule has 2 aromatic rings. The molecule has 2 atom stereocenters. The number of nitrogens with zero attached hydrogens (tertiary/aromatic N) is 1. The van der Waals surface area contributed by atoms with Crippen molar-refractivity contribution in [2.75, 3.05) is 13.2 Å². The quantitative estimate of drug-likeness (QED) is 0.928. The molecule has 0 saturated heterocycles. The van der Waals surface area contributed by atoms with E-state index in [1.165, 1.54) is 5.56 Å². The lowest BCUT2D eigenvalue weighted by Gasteiger charge is -2.27. The van der Waals surface area contributed by atoms with Crippen LogP contribution in [0.1, 0.15) is 35.9 Å². The Kier molecular flexibility index (Phi) is 3.80. The average Bonchev–Trinajstić information content (AvgIpc) is 2.99. The van der Waals surface area contributed by atoms with E-state index in [1.807, 2.05) is 17.6 Å². The molecule has 2 heterocycles. The summed E-state index contributed by atoms with van der Waals surface area (Å²) in [6.45, 7) is 3.96. The summed E-state index contributed by atoms with van der Waals surface area (Å²) in [6, 6.07) is 8.67. The van der Waals surface area contributed by atoms with Gasteiger partial charge in [0, 0.05) is 24.0 Å². The normalized spacial score (nSPS) is 19.5. The molecular formula is C15H18N2OS. The second-order valence-electron chi connectivity index (χ2n) is 4.87. The molecule has 0 bridgehead atoms. The Morgan fingerprint density at radius 1 is 1.47 bits per heavy atom. The minimum atomic E-state index is 0.315. The van der Waals surface area contributed by atoms with Crippen molar-refractivity contribution < 1.29 is 4.74 Å². The molecule has 1 N–H and O–H groups in total. The van der Waals surface area contributed by atoms with Crippen molar-refractivity contribution in [1.82, 2.24) is 10.3 Å². The topological polar surface area (TPSA) is 34.1 Å². The van der Waals surface area contributed by atoms with Crippen LogP contribution in [0, 0.1) is 0 Å². The van der Waals surface area contributed by atoms with Gasteiger partial charge in [-0.25, -0.2) is 4.98 Å². The van der Waals surface area contributed by atoms with Crippen molar-refractivity contribution in [3.8, 4) is 5.75 Å². The number of rotatable bonds is 4. The lowest BCUT2D eigenvalue weighted by molar-refractivity contribution is 0.263. The molecule has 0 spiro atoms. The van der Waals surface area contributed by atoms with Gasteiger partial charge in [-0.1, -0.05) is 18.2 Å². The first kappa shape index (κ1) is 12.6. The fourth-order valence-electron chi connectivity index (χ4n) is 2.48. The summed E-state index contributed by atoms with van der Waals surface area (Å²) in [5.41, 5.74) is 1.33. The Balaban J connectivity index is 1.65. The summed E-state index contributed by atoms with van der Waals surface area (Å²) >= 11 is 1.70. The number of nitrogens with one attached hydrogen (secondary N) is 1. The number of aromatic nitrogens is 1. The van der Waals surface area contributed by atoms with E-state index in [0.717, 1.165) is 30.3 Å². The van der Waals surface area contributed by atoms with Crippen LogP contribution in [-0.2, 0) is 0 Å². The van der Waals surface area contributed by atoms with E-state index < -0.39 is 0 Å². The van der Waals surface area contributed by atoms with Gasteiger partial charge in [0.15, 0.2) is 0 Å².